The van der Waals surface area contributed by atoms with Crippen LogP contribution in [-0.2, 0) is 120 Å². The second kappa shape index (κ2) is 63.4. The molecule has 3 aromatic carbocycles. The molecule has 6 heterocycles. The molecule has 1 aromatic heterocycles. The number of Topliss-reactive ketones (excluding diaryl/α,β-unsaturated/α-hetero) is 2. The standard InChI is InChI=1S/C63H103NO28.C26H32N5O6P.4CO2/c1-6-7-8-9-14-47(69)64-15-18-82-36-24-34(37(67)12-10-16-83-60-56(78)54(76)50(72)45(91-60)28-85-39-19-30(2)32(4)21-41(39)87-62-58(80)52(74)48(70)43(26-65)89-62)23-35(25-36)38(68)13-11-17-84-61-57(79)55(77)51(73)46(92-61)29-86-40-20-31(3)33(5)22-42(40)88-63-59(81)53(75)49(71)44(27-66)90-63;1-36-38(34,35)37-17-9-3-2-8-16-27-23(32)14-15-24(33)31-18-19-10-4-5-11-20(19)25-26(29-30-28-25)21-12-6-7-13-22(21)31;4*2-1-3/h23-25,30-33,39-46,48-63,65-66,70-81H,6-22,26-29H2,1-5H3,(H,64,69);4-7,10-13H,2-3,8-9,14-18H2,1H3,(H,27,32)(H,34,35)(H,28,29,30);;;;/p-1/t30?,31?,32-,33-,39-,40-,41?,42?,43?,44?,45?,46?,48+,49+,50+,51+,52-,53-,54-,55-,56?,57?,58?,59?,60-,61-,62-,63+;;;;;/m0...../s1. The fourth-order valence-electron chi connectivity index (χ4n) is 16.8. The van der Waals surface area contributed by atoms with Gasteiger partial charge in [-0.1, -0.05) is 109 Å². The molecule has 2 aliphatic carbocycles. The number of hydrogen-bond acceptors (Lipinski definition) is 44. The van der Waals surface area contributed by atoms with Crippen molar-refractivity contribution in [3.63, 3.8) is 0 Å². The highest BCUT2D eigenvalue weighted by Crippen LogP contribution is 2.43. The van der Waals surface area contributed by atoms with Gasteiger partial charge in [0.25, 0.3) is 7.82 Å². The van der Waals surface area contributed by atoms with Crippen LogP contribution < -0.4 is 25.2 Å². The van der Waals surface area contributed by atoms with Crippen LogP contribution in [0.1, 0.15) is 183 Å². The smallest absolute Gasteiger partial charge is 0.373 e. The van der Waals surface area contributed by atoms with Gasteiger partial charge in [0.1, 0.15) is 121 Å². The highest BCUT2D eigenvalue weighted by Gasteiger charge is 2.52. The van der Waals surface area contributed by atoms with Gasteiger partial charge in [0.05, 0.1) is 89.4 Å². The molecule has 29 atom stereocenters. The number of hydrogen-bond donors (Lipinski definition) is 17. The van der Waals surface area contributed by atoms with Crippen LogP contribution in [0.5, 0.6) is 5.75 Å². The van der Waals surface area contributed by atoms with Crippen molar-refractivity contribution in [2.45, 2.75) is 310 Å². The number of ketones is 2. The van der Waals surface area contributed by atoms with Crippen molar-refractivity contribution < 1.29 is 204 Å². The Bertz CT molecular complexity index is 4460. The molecule has 5 aliphatic heterocycles. The van der Waals surface area contributed by atoms with Crippen molar-refractivity contribution in [1.29, 1.82) is 0 Å². The van der Waals surface area contributed by atoms with Gasteiger partial charge in [0, 0.05) is 68.0 Å². The number of nitrogens with zero attached hydrogens (tertiary/aromatic N) is 3. The molecular formula is C93H134N6O42P-. The lowest BCUT2D eigenvalue weighted by molar-refractivity contribution is -0.327. The number of para-hydroxylation sites is 1. The van der Waals surface area contributed by atoms with Crippen LogP contribution >= 0.6 is 7.82 Å². The molecule has 142 heavy (non-hydrogen) atoms. The number of unbranched alkanes of at least 4 members (excludes halogenated alkanes) is 6. The summed E-state index contributed by atoms with van der Waals surface area (Å²) in [4.78, 5) is 144. The molecule has 17 N–H and O–H groups in total. The Morgan fingerprint density at radius 3 is 1.34 bits per heavy atom. The van der Waals surface area contributed by atoms with E-state index in [1.54, 1.807) is 4.90 Å². The predicted molar refractivity (Wildman–Crippen MR) is 478 cm³/mol. The zero-order valence-electron chi connectivity index (χ0n) is 79.7. The summed E-state index contributed by atoms with van der Waals surface area (Å²) in [6.07, 6.45) is -23.7. The number of aromatic nitrogens is 3. The van der Waals surface area contributed by atoms with Gasteiger partial charge in [0.2, 0.25) is 17.7 Å². The van der Waals surface area contributed by atoms with Crippen LogP contribution in [0.15, 0.2) is 66.7 Å². The summed E-state index contributed by atoms with van der Waals surface area (Å²) in [6, 6.07) is 19.7. The molecule has 4 aromatic rings. The van der Waals surface area contributed by atoms with Gasteiger partial charge in [-0.2, -0.15) is 53.8 Å². The topological polar surface area (TPSA) is 734 Å². The number of H-pyrrole nitrogens is 1. The van der Waals surface area contributed by atoms with Gasteiger partial charge in [-0.15, -0.1) is 0 Å². The summed E-state index contributed by atoms with van der Waals surface area (Å²) in [6.45, 7) is 8.91. The first-order valence-electron chi connectivity index (χ1n) is 46.9. The third-order valence-electron chi connectivity index (χ3n) is 25.3. The average Bonchev–Trinajstić information content (AvgIpc) is 1.51. The van der Waals surface area contributed by atoms with E-state index in [4.69, 9.17) is 90.5 Å². The van der Waals surface area contributed by atoms with Crippen molar-refractivity contribution in [2.24, 2.45) is 23.7 Å². The predicted octanol–water partition coefficient (Wildman–Crippen LogP) is -0.762. The lowest BCUT2D eigenvalue weighted by Gasteiger charge is -2.45. The minimum absolute atomic E-state index is 0.00519. The van der Waals surface area contributed by atoms with E-state index in [0.717, 1.165) is 80.1 Å². The molecule has 13 unspecified atom stereocenters. The highest BCUT2D eigenvalue weighted by atomic mass is 31.2. The Morgan fingerprint density at radius 1 is 0.458 bits per heavy atom. The van der Waals surface area contributed by atoms with E-state index in [1.807, 2.05) is 76.2 Å². The largest absolute Gasteiger partial charge is 0.756 e. The number of amides is 3. The molecule has 48 nitrogen and oxygen atoms in total. The fraction of sp³-hybridized carbons (Fsp3) is 0.688. The lowest BCUT2D eigenvalue weighted by atomic mass is 9.78. The summed E-state index contributed by atoms with van der Waals surface area (Å²) < 4.78 is 85.4. The van der Waals surface area contributed by atoms with Crippen LogP contribution in [0, 0.1) is 23.7 Å². The van der Waals surface area contributed by atoms with E-state index in [1.165, 1.54) is 18.2 Å². The number of aliphatic hydroxyl groups is 14. The van der Waals surface area contributed by atoms with E-state index < -0.39 is 180 Å². The van der Waals surface area contributed by atoms with Gasteiger partial charge in [-0.05, 0) is 111 Å². The van der Waals surface area contributed by atoms with Gasteiger partial charge in [-0.25, -0.2) is 0 Å². The Labute approximate surface area is 818 Å². The van der Waals surface area contributed by atoms with E-state index in [2.05, 4.69) is 42.0 Å². The second-order valence-electron chi connectivity index (χ2n) is 35.2. The van der Waals surface area contributed by atoms with E-state index in [9.17, 15) is 105 Å². The van der Waals surface area contributed by atoms with Crippen LogP contribution in [0.4, 0.5) is 5.69 Å². The quantitative estimate of drug-likeness (QED) is 0.0147. The van der Waals surface area contributed by atoms with Crippen molar-refractivity contribution in [3.8, 4) is 28.3 Å². The summed E-state index contributed by atoms with van der Waals surface area (Å²) in [7, 11) is -3.11. The molecule has 0 spiro atoms. The van der Waals surface area contributed by atoms with Gasteiger partial charge < -0.3 is 153 Å². The SMILES string of the molecule is CCCCCCC(=O)NCCOc1cc(C(=O)CCCO[C@H]2OC(CO[C@H]3CC(C)[C@@H](C)CC3O[C@@H]3OC(CO)[C@@H](O)[C@H](O)C3O)[C@@H](O)[C@H](O)C2O)cc(C(=O)CCCO[C@H]2OC(CO[C@H]3CC(C)[C@@H](C)CC3O[C@H]3OC(CO)[C@@H](O)[C@H](O)C3O)[C@@H](O)[C@H](O)C2O)c1.COP(=O)([O-])OCCCCCCNC(=O)CCC(=O)N1Cc2ccccc2-c2n[nH]nc2-c2ccccc21.O=C=O.O=C=O.O=C=O.O=C=O. The Hall–Kier alpha value is -8.98. The number of fused-ring (bicyclic) bond motifs is 5. The average molecular weight is 2040 g/mol. The molecule has 0 radical (unpaired) electrons. The van der Waals surface area contributed by atoms with Gasteiger partial charge in [0.15, 0.2) is 36.7 Å². The number of phosphoric acid groups is 1. The number of nitrogens with one attached hydrogen (secondary N) is 3. The number of rotatable bonds is 45. The van der Waals surface area contributed by atoms with Gasteiger partial charge in [-0.3, -0.25) is 28.5 Å². The minimum Gasteiger partial charge on any atom is -0.756 e. The zero-order valence-corrected chi connectivity index (χ0v) is 80.6. The summed E-state index contributed by atoms with van der Waals surface area (Å²) in [5.74, 6) is -0.654. The van der Waals surface area contributed by atoms with E-state index in [0.29, 0.717) is 57.3 Å². The number of phosphoric ester groups is 1. The van der Waals surface area contributed by atoms with Crippen molar-refractivity contribution >= 4 is 67.4 Å². The molecule has 0 bridgehead atoms. The number of aliphatic hydroxyl groups excluding tert-OH is 14. The maximum absolute atomic E-state index is 13.9. The third kappa shape index (κ3) is 37.2. The lowest BCUT2D eigenvalue weighted by Crippen LogP contribution is -2.61. The second-order valence-corrected chi connectivity index (χ2v) is 36.7. The normalized spacial score (nSPS) is 30.0. The molecule has 49 heteroatoms. The number of benzene rings is 3. The van der Waals surface area contributed by atoms with Crippen LogP contribution in [0.3, 0.4) is 0 Å². The molecule has 3 amide bonds. The number of aromatic amines is 1. The summed E-state index contributed by atoms with van der Waals surface area (Å²) in [5, 5.41) is 165. The van der Waals surface area contributed by atoms with Gasteiger partial charge >= 0.3 is 24.6 Å². The first-order valence-corrected chi connectivity index (χ1v) is 48.4. The monoisotopic (exact) mass is 2040 g/mol. The van der Waals surface area contributed by atoms with E-state index >= 15 is 0 Å². The van der Waals surface area contributed by atoms with Crippen molar-refractivity contribution in [2.75, 3.05) is 78.0 Å². The first-order chi connectivity index (χ1) is 67.9. The maximum Gasteiger partial charge on any atom is 0.373 e. The Kier molecular flexibility index (Phi) is 54.4. The first kappa shape index (κ1) is 122. The van der Waals surface area contributed by atoms with Crippen molar-refractivity contribution in [3.05, 3.63) is 83.4 Å². The number of carbonyl (C=O) groups is 5. The number of ether oxygens (including phenoxy) is 11. The molecule has 11 rings (SSSR count). The fourth-order valence-corrected chi connectivity index (χ4v) is 17.3. The van der Waals surface area contributed by atoms with Crippen LogP contribution in [-0.4, -0.2) is 361 Å². The highest BCUT2D eigenvalue weighted by molar-refractivity contribution is 7.45. The zero-order chi connectivity index (χ0) is 105. The van der Waals surface area contributed by atoms with Crippen LogP contribution in [0.2, 0.25) is 0 Å². The Morgan fingerprint density at radius 2 is 0.866 bits per heavy atom. The van der Waals surface area contributed by atoms with Crippen LogP contribution in [0.25, 0.3) is 22.5 Å². The van der Waals surface area contributed by atoms with Crippen molar-refractivity contribution in [1.82, 2.24) is 26.0 Å². The third-order valence-corrected chi connectivity index (χ3v) is 26.2. The Balaban J connectivity index is 0.000000506. The molecule has 794 valence electrons. The molecule has 4 saturated heterocycles. The maximum atomic E-state index is 13.9. The van der Waals surface area contributed by atoms with E-state index in [-0.39, 0.29) is 168 Å². The minimum atomic E-state index is -4.17. The molecule has 7 aliphatic rings. The molecular weight excluding hydrogens is 1900 g/mol. The summed E-state index contributed by atoms with van der Waals surface area (Å²) in [5.41, 5.74) is 5.02. The number of anilines is 1. The summed E-state index contributed by atoms with van der Waals surface area (Å²) >= 11 is 0. The molecule has 6 fully saturated rings. The number of carbonyl (C=O) groups excluding carboxylic acids is 13. The molecule has 2 saturated carbocycles.